The molecule has 2 atom stereocenters. The number of nitrogens with zero attached hydrogens (tertiary/aromatic N) is 3. The number of hydrogen-bond acceptors (Lipinski definition) is 4. The van der Waals surface area contributed by atoms with Crippen molar-refractivity contribution in [2.24, 2.45) is 5.92 Å². The minimum atomic E-state index is -0.424. The Balaban J connectivity index is 2.19. The normalized spacial score (nSPS) is 24.8. The van der Waals surface area contributed by atoms with Crippen molar-refractivity contribution < 1.29 is 4.92 Å². The summed E-state index contributed by atoms with van der Waals surface area (Å²) in [5, 5.41) is 10.5. The molecule has 86 valence electrons. The molecule has 1 fully saturated rings. The molecule has 0 N–H and O–H groups in total. The van der Waals surface area contributed by atoms with Crippen LogP contribution in [0.2, 0.25) is 0 Å². The van der Waals surface area contributed by atoms with Gasteiger partial charge in [-0.1, -0.05) is 6.92 Å². The molecule has 1 saturated heterocycles. The Kier molecular flexibility index (Phi) is 2.77. The molecule has 0 radical (unpaired) electrons. The average molecular weight is 221 g/mol. The number of aromatic nitrogens is 1. The largest absolute Gasteiger partial charge is 0.354 e. The molecule has 16 heavy (non-hydrogen) atoms. The molecule has 2 unspecified atom stereocenters. The fraction of sp³-hybridized carbons (Fsp3) is 0.545. The first-order valence-electron chi connectivity index (χ1n) is 5.46. The molecule has 2 rings (SSSR count). The third kappa shape index (κ3) is 1.85. The quantitative estimate of drug-likeness (QED) is 0.567. The number of anilines is 1. The summed E-state index contributed by atoms with van der Waals surface area (Å²) in [7, 11) is 0. The zero-order chi connectivity index (χ0) is 11.7. The van der Waals surface area contributed by atoms with Gasteiger partial charge in [0.05, 0.1) is 4.92 Å². The van der Waals surface area contributed by atoms with Gasteiger partial charge in [0, 0.05) is 18.7 Å². The highest BCUT2D eigenvalue weighted by molar-refractivity contribution is 5.44. The lowest BCUT2D eigenvalue weighted by Crippen LogP contribution is -2.29. The number of hydrogen-bond donors (Lipinski definition) is 0. The number of pyridine rings is 1. The lowest BCUT2D eigenvalue weighted by molar-refractivity contribution is -0.385. The molecule has 5 nitrogen and oxygen atoms in total. The van der Waals surface area contributed by atoms with E-state index < -0.39 is 4.92 Å². The van der Waals surface area contributed by atoms with Crippen LogP contribution in [0.25, 0.3) is 0 Å². The molecule has 0 aliphatic carbocycles. The summed E-state index contributed by atoms with van der Waals surface area (Å²) < 4.78 is 0. The molecule has 1 aromatic rings. The van der Waals surface area contributed by atoms with Crippen molar-refractivity contribution in [3.8, 4) is 0 Å². The van der Waals surface area contributed by atoms with Gasteiger partial charge < -0.3 is 4.90 Å². The van der Waals surface area contributed by atoms with Gasteiger partial charge in [-0.05, 0) is 25.3 Å². The summed E-state index contributed by atoms with van der Waals surface area (Å²) in [6.45, 7) is 5.37. The van der Waals surface area contributed by atoms with E-state index in [0.29, 0.717) is 12.0 Å². The summed E-state index contributed by atoms with van der Waals surface area (Å²) in [5.41, 5.74) is 0.0450. The second-order valence-corrected chi connectivity index (χ2v) is 4.33. The highest BCUT2D eigenvalue weighted by Crippen LogP contribution is 2.28. The fourth-order valence-corrected chi connectivity index (χ4v) is 2.07. The van der Waals surface area contributed by atoms with Crippen molar-refractivity contribution >= 4 is 11.5 Å². The molecule has 2 heterocycles. The first kappa shape index (κ1) is 10.9. The smallest absolute Gasteiger partial charge is 0.287 e. The molecule has 0 amide bonds. The van der Waals surface area contributed by atoms with Crippen molar-refractivity contribution in [2.75, 3.05) is 11.4 Å². The highest BCUT2D eigenvalue weighted by atomic mass is 16.6. The maximum absolute atomic E-state index is 10.5. The second kappa shape index (κ2) is 4.08. The molecular weight excluding hydrogens is 206 g/mol. The molecule has 0 saturated carbocycles. The standard InChI is InChI=1S/C11H15N3O2/c1-8-5-6-13(9(8)2)11-4-3-10(7-12-11)14(15)16/h3-4,7-9H,5-6H2,1-2H3. The van der Waals surface area contributed by atoms with Gasteiger partial charge in [0.1, 0.15) is 12.0 Å². The van der Waals surface area contributed by atoms with Crippen molar-refractivity contribution in [3.05, 3.63) is 28.4 Å². The van der Waals surface area contributed by atoms with E-state index in [4.69, 9.17) is 0 Å². The number of rotatable bonds is 2. The Hall–Kier alpha value is -1.65. The summed E-state index contributed by atoms with van der Waals surface area (Å²) in [5.74, 6) is 1.49. The average Bonchev–Trinajstić information content (AvgIpc) is 2.60. The van der Waals surface area contributed by atoms with Crippen LogP contribution in [0.5, 0.6) is 0 Å². The molecule has 1 aromatic heterocycles. The maximum atomic E-state index is 10.5. The molecular formula is C11H15N3O2. The van der Waals surface area contributed by atoms with E-state index >= 15 is 0 Å². The third-order valence-electron chi connectivity index (χ3n) is 3.38. The Morgan fingerprint density at radius 2 is 2.25 bits per heavy atom. The van der Waals surface area contributed by atoms with Crippen LogP contribution >= 0.6 is 0 Å². The summed E-state index contributed by atoms with van der Waals surface area (Å²) in [6.07, 6.45) is 2.48. The van der Waals surface area contributed by atoms with Gasteiger partial charge >= 0.3 is 0 Å². The van der Waals surface area contributed by atoms with Crippen LogP contribution in [0.3, 0.4) is 0 Å². The molecule has 0 spiro atoms. The SMILES string of the molecule is CC1CCN(c2ccc([N+](=O)[O-])cn2)C1C. The predicted octanol–water partition coefficient (Wildman–Crippen LogP) is 2.22. The van der Waals surface area contributed by atoms with Gasteiger partial charge in [-0.2, -0.15) is 0 Å². The Bertz CT molecular complexity index is 391. The molecule has 5 heteroatoms. The van der Waals surface area contributed by atoms with E-state index in [1.165, 1.54) is 12.3 Å². The zero-order valence-electron chi connectivity index (χ0n) is 9.46. The van der Waals surface area contributed by atoms with Gasteiger partial charge in [-0.3, -0.25) is 10.1 Å². The Morgan fingerprint density at radius 1 is 1.50 bits per heavy atom. The van der Waals surface area contributed by atoms with E-state index in [2.05, 4.69) is 23.7 Å². The van der Waals surface area contributed by atoms with Gasteiger partial charge in [0.25, 0.3) is 5.69 Å². The highest BCUT2D eigenvalue weighted by Gasteiger charge is 2.28. The van der Waals surface area contributed by atoms with Crippen LogP contribution in [-0.2, 0) is 0 Å². The Morgan fingerprint density at radius 3 is 2.69 bits per heavy atom. The summed E-state index contributed by atoms with van der Waals surface area (Å²) in [4.78, 5) is 16.4. The predicted molar refractivity (Wildman–Crippen MR) is 61.5 cm³/mol. The summed E-state index contributed by atoms with van der Waals surface area (Å²) >= 11 is 0. The van der Waals surface area contributed by atoms with Crippen LogP contribution in [0, 0.1) is 16.0 Å². The van der Waals surface area contributed by atoms with Crippen molar-refractivity contribution in [2.45, 2.75) is 26.3 Å². The fourth-order valence-electron chi connectivity index (χ4n) is 2.07. The minimum Gasteiger partial charge on any atom is -0.354 e. The van der Waals surface area contributed by atoms with Gasteiger partial charge in [0.2, 0.25) is 0 Å². The third-order valence-corrected chi connectivity index (χ3v) is 3.38. The topological polar surface area (TPSA) is 59.3 Å². The van der Waals surface area contributed by atoms with Crippen LogP contribution in [-0.4, -0.2) is 22.5 Å². The monoisotopic (exact) mass is 221 g/mol. The zero-order valence-corrected chi connectivity index (χ0v) is 9.46. The van der Waals surface area contributed by atoms with Crippen LogP contribution < -0.4 is 4.90 Å². The van der Waals surface area contributed by atoms with E-state index in [0.717, 1.165) is 18.8 Å². The second-order valence-electron chi connectivity index (χ2n) is 4.33. The van der Waals surface area contributed by atoms with Gasteiger partial charge in [0.15, 0.2) is 0 Å². The maximum Gasteiger partial charge on any atom is 0.287 e. The van der Waals surface area contributed by atoms with Crippen molar-refractivity contribution in [1.29, 1.82) is 0 Å². The summed E-state index contributed by atoms with van der Waals surface area (Å²) in [6, 6.07) is 3.69. The minimum absolute atomic E-state index is 0.0450. The lowest BCUT2D eigenvalue weighted by Gasteiger charge is -2.24. The van der Waals surface area contributed by atoms with Crippen molar-refractivity contribution in [3.63, 3.8) is 0 Å². The molecule has 1 aliphatic rings. The van der Waals surface area contributed by atoms with Crippen LogP contribution in [0.15, 0.2) is 18.3 Å². The van der Waals surface area contributed by atoms with Gasteiger partial charge in [-0.15, -0.1) is 0 Å². The molecule has 1 aliphatic heterocycles. The van der Waals surface area contributed by atoms with Crippen LogP contribution in [0.4, 0.5) is 11.5 Å². The number of nitro groups is 1. The molecule has 0 aromatic carbocycles. The lowest BCUT2D eigenvalue weighted by atomic mass is 10.1. The van der Waals surface area contributed by atoms with E-state index in [9.17, 15) is 10.1 Å². The van der Waals surface area contributed by atoms with Crippen LogP contribution in [0.1, 0.15) is 20.3 Å². The van der Waals surface area contributed by atoms with E-state index in [1.54, 1.807) is 6.07 Å². The van der Waals surface area contributed by atoms with Crippen molar-refractivity contribution in [1.82, 2.24) is 4.98 Å². The Labute approximate surface area is 94.2 Å². The van der Waals surface area contributed by atoms with E-state index in [-0.39, 0.29) is 5.69 Å². The van der Waals surface area contributed by atoms with E-state index in [1.807, 2.05) is 0 Å². The molecule has 0 bridgehead atoms. The first-order valence-corrected chi connectivity index (χ1v) is 5.46. The van der Waals surface area contributed by atoms with Gasteiger partial charge in [-0.25, -0.2) is 4.98 Å². The first-order chi connectivity index (χ1) is 7.59.